The van der Waals surface area contributed by atoms with Crippen molar-refractivity contribution in [3.63, 3.8) is 0 Å². The molecule has 1 atom stereocenters. The van der Waals surface area contributed by atoms with Gasteiger partial charge < -0.3 is 20.3 Å². The van der Waals surface area contributed by atoms with E-state index in [1.807, 2.05) is 13.8 Å². The van der Waals surface area contributed by atoms with Crippen molar-refractivity contribution in [1.82, 2.24) is 10.5 Å². The Labute approximate surface area is 105 Å². The molecule has 1 amide bonds. The first kappa shape index (κ1) is 14.0. The number of anilines is 1. The van der Waals surface area contributed by atoms with Gasteiger partial charge in [-0.25, -0.2) is 4.79 Å². The standard InChI is InChI=1S/C11H17N3O4/c1-4-6(2)13-8(15)5-17-11(16)9-7(3)14-18-10(9)12/h6H,4-5,12H2,1-3H3,(H,13,15). The fourth-order valence-electron chi connectivity index (χ4n) is 1.26. The van der Waals surface area contributed by atoms with Crippen LogP contribution in [-0.4, -0.2) is 29.7 Å². The number of amides is 1. The van der Waals surface area contributed by atoms with Crippen molar-refractivity contribution in [3.05, 3.63) is 11.3 Å². The molecule has 7 nitrogen and oxygen atoms in total. The molecule has 0 aliphatic heterocycles. The highest BCUT2D eigenvalue weighted by Crippen LogP contribution is 2.16. The van der Waals surface area contributed by atoms with E-state index in [4.69, 9.17) is 10.5 Å². The van der Waals surface area contributed by atoms with Crippen LogP contribution in [0.25, 0.3) is 0 Å². The van der Waals surface area contributed by atoms with E-state index in [1.54, 1.807) is 6.92 Å². The van der Waals surface area contributed by atoms with Crippen LogP contribution in [0.2, 0.25) is 0 Å². The second kappa shape index (κ2) is 6.04. The molecule has 1 aromatic heterocycles. The molecule has 0 aliphatic carbocycles. The first-order valence-corrected chi connectivity index (χ1v) is 5.63. The summed E-state index contributed by atoms with van der Waals surface area (Å²) < 4.78 is 9.46. The highest BCUT2D eigenvalue weighted by atomic mass is 16.5. The number of aryl methyl sites for hydroxylation is 1. The number of carbonyl (C=O) groups is 2. The Morgan fingerprint density at radius 3 is 2.72 bits per heavy atom. The van der Waals surface area contributed by atoms with Gasteiger partial charge in [-0.1, -0.05) is 12.1 Å². The molecule has 1 rings (SSSR count). The zero-order valence-corrected chi connectivity index (χ0v) is 10.6. The number of hydrogen-bond donors (Lipinski definition) is 2. The summed E-state index contributed by atoms with van der Waals surface area (Å²) >= 11 is 0. The predicted octanol–water partition coefficient (Wildman–Crippen LogP) is 0.637. The lowest BCUT2D eigenvalue weighted by Crippen LogP contribution is -2.35. The average Bonchev–Trinajstić information content (AvgIpc) is 2.66. The summed E-state index contributed by atoms with van der Waals surface area (Å²) in [5.74, 6) is -1.18. The fourth-order valence-corrected chi connectivity index (χ4v) is 1.26. The number of esters is 1. The maximum Gasteiger partial charge on any atom is 0.346 e. The minimum absolute atomic E-state index is 0.0404. The second-order valence-corrected chi connectivity index (χ2v) is 3.96. The van der Waals surface area contributed by atoms with E-state index >= 15 is 0 Å². The molecule has 100 valence electrons. The Balaban J connectivity index is 2.50. The van der Waals surface area contributed by atoms with Gasteiger partial charge in [-0.15, -0.1) is 0 Å². The van der Waals surface area contributed by atoms with Crippen LogP contribution >= 0.6 is 0 Å². The normalized spacial score (nSPS) is 11.9. The quantitative estimate of drug-likeness (QED) is 0.747. The molecule has 3 N–H and O–H groups in total. The molecule has 0 saturated heterocycles. The predicted molar refractivity (Wildman–Crippen MR) is 63.8 cm³/mol. The first-order chi connectivity index (χ1) is 8.45. The van der Waals surface area contributed by atoms with Gasteiger partial charge in [-0.05, 0) is 20.3 Å². The van der Waals surface area contributed by atoms with E-state index in [1.165, 1.54) is 0 Å². The van der Waals surface area contributed by atoms with E-state index in [0.717, 1.165) is 6.42 Å². The monoisotopic (exact) mass is 255 g/mol. The lowest BCUT2D eigenvalue weighted by atomic mass is 10.2. The van der Waals surface area contributed by atoms with Crippen molar-refractivity contribution in [3.8, 4) is 0 Å². The topological polar surface area (TPSA) is 107 Å². The Morgan fingerprint density at radius 1 is 1.56 bits per heavy atom. The zero-order chi connectivity index (χ0) is 13.7. The zero-order valence-electron chi connectivity index (χ0n) is 10.6. The van der Waals surface area contributed by atoms with E-state index in [2.05, 4.69) is 15.0 Å². The maximum absolute atomic E-state index is 11.6. The van der Waals surface area contributed by atoms with Gasteiger partial charge in [0.05, 0.1) is 5.69 Å². The second-order valence-electron chi connectivity index (χ2n) is 3.96. The van der Waals surface area contributed by atoms with Crippen LogP contribution in [-0.2, 0) is 9.53 Å². The van der Waals surface area contributed by atoms with Gasteiger partial charge in [0, 0.05) is 6.04 Å². The van der Waals surface area contributed by atoms with Crippen molar-refractivity contribution < 1.29 is 18.8 Å². The number of nitrogens with two attached hydrogens (primary N) is 1. The molecular weight excluding hydrogens is 238 g/mol. The Kier molecular flexibility index (Phi) is 4.70. The molecule has 1 unspecified atom stereocenters. The minimum Gasteiger partial charge on any atom is -0.452 e. The van der Waals surface area contributed by atoms with Crippen LogP contribution in [0.3, 0.4) is 0 Å². The third-order valence-electron chi connectivity index (χ3n) is 2.45. The Bertz CT molecular complexity index is 422. The molecule has 1 heterocycles. The van der Waals surface area contributed by atoms with Crippen molar-refractivity contribution >= 4 is 17.8 Å². The number of carbonyl (C=O) groups excluding carboxylic acids is 2. The van der Waals surface area contributed by atoms with E-state index in [9.17, 15) is 9.59 Å². The van der Waals surface area contributed by atoms with E-state index in [0.29, 0.717) is 5.69 Å². The van der Waals surface area contributed by atoms with Gasteiger partial charge in [-0.2, -0.15) is 0 Å². The van der Waals surface area contributed by atoms with Crippen LogP contribution < -0.4 is 11.1 Å². The number of aromatic nitrogens is 1. The molecule has 0 saturated carbocycles. The van der Waals surface area contributed by atoms with Crippen LogP contribution in [0.4, 0.5) is 5.88 Å². The molecule has 0 bridgehead atoms. The molecule has 1 aromatic rings. The van der Waals surface area contributed by atoms with Gasteiger partial charge in [-0.3, -0.25) is 4.79 Å². The Hall–Kier alpha value is -2.05. The first-order valence-electron chi connectivity index (χ1n) is 5.63. The fraction of sp³-hybridized carbons (Fsp3) is 0.545. The molecule has 0 aliphatic rings. The van der Waals surface area contributed by atoms with Crippen molar-refractivity contribution in [2.45, 2.75) is 33.2 Å². The summed E-state index contributed by atoms with van der Waals surface area (Å²) in [7, 11) is 0. The summed E-state index contributed by atoms with van der Waals surface area (Å²) in [4.78, 5) is 23.0. The summed E-state index contributed by atoms with van der Waals surface area (Å²) in [6.07, 6.45) is 0.803. The largest absolute Gasteiger partial charge is 0.452 e. The third kappa shape index (κ3) is 3.47. The molecule has 0 radical (unpaired) electrons. The number of nitrogens with zero attached hydrogens (tertiary/aromatic N) is 1. The van der Waals surface area contributed by atoms with Crippen LogP contribution in [0, 0.1) is 6.92 Å². The third-order valence-corrected chi connectivity index (χ3v) is 2.45. The molecule has 18 heavy (non-hydrogen) atoms. The van der Waals surface area contributed by atoms with Gasteiger partial charge in [0.15, 0.2) is 6.61 Å². The van der Waals surface area contributed by atoms with Gasteiger partial charge in [0.25, 0.3) is 5.91 Å². The maximum atomic E-state index is 11.6. The highest BCUT2D eigenvalue weighted by Gasteiger charge is 2.20. The molecule has 0 aromatic carbocycles. The number of nitrogens with one attached hydrogen (secondary N) is 1. The Morgan fingerprint density at radius 2 is 2.22 bits per heavy atom. The summed E-state index contributed by atoms with van der Waals surface area (Å²) in [5.41, 5.74) is 5.81. The molecule has 7 heteroatoms. The van der Waals surface area contributed by atoms with Crippen LogP contribution in [0.5, 0.6) is 0 Å². The SMILES string of the molecule is CCC(C)NC(=O)COC(=O)c1c(C)noc1N. The number of ether oxygens (including phenoxy) is 1. The van der Waals surface area contributed by atoms with Gasteiger partial charge in [0.2, 0.25) is 5.88 Å². The number of hydrogen-bond acceptors (Lipinski definition) is 6. The van der Waals surface area contributed by atoms with E-state index in [-0.39, 0.29) is 30.0 Å². The molecule has 0 fully saturated rings. The lowest BCUT2D eigenvalue weighted by molar-refractivity contribution is -0.124. The van der Waals surface area contributed by atoms with Crippen molar-refractivity contribution in [1.29, 1.82) is 0 Å². The number of rotatable bonds is 5. The average molecular weight is 255 g/mol. The smallest absolute Gasteiger partial charge is 0.346 e. The minimum atomic E-state index is -0.717. The van der Waals surface area contributed by atoms with Crippen LogP contribution in [0.1, 0.15) is 36.3 Å². The summed E-state index contributed by atoms with van der Waals surface area (Å²) in [6, 6.07) is 0.0404. The lowest BCUT2D eigenvalue weighted by Gasteiger charge is -2.11. The highest BCUT2D eigenvalue weighted by molar-refractivity contribution is 5.96. The number of nitrogen functional groups attached to an aromatic ring is 1. The van der Waals surface area contributed by atoms with E-state index < -0.39 is 5.97 Å². The van der Waals surface area contributed by atoms with Gasteiger partial charge >= 0.3 is 5.97 Å². The summed E-state index contributed by atoms with van der Waals surface area (Å²) in [5, 5.41) is 6.20. The van der Waals surface area contributed by atoms with Crippen molar-refractivity contribution in [2.24, 2.45) is 0 Å². The molecule has 0 spiro atoms. The van der Waals surface area contributed by atoms with Crippen LogP contribution in [0.15, 0.2) is 4.52 Å². The van der Waals surface area contributed by atoms with Crippen molar-refractivity contribution in [2.75, 3.05) is 12.3 Å². The van der Waals surface area contributed by atoms with Gasteiger partial charge in [0.1, 0.15) is 5.56 Å². The summed E-state index contributed by atoms with van der Waals surface area (Å²) in [6.45, 7) is 5.02. The molecular formula is C11H17N3O4.